The third kappa shape index (κ3) is 2.85. The fraction of sp³-hybridized carbons (Fsp3) is 1.00. The van der Waals surface area contributed by atoms with Crippen LogP contribution in [0.1, 0.15) is 39.5 Å². The molecule has 1 rings (SSSR count). The lowest BCUT2D eigenvalue weighted by Gasteiger charge is -2.50. The van der Waals surface area contributed by atoms with Gasteiger partial charge in [-0.05, 0) is 18.3 Å². The Hall–Kier alpha value is 0.250. The van der Waals surface area contributed by atoms with Crippen molar-refractivity contribution in [3.63, 3.8) is 0 Å². The second-order valence-electron chi connectivity index (χ2n) is 4.40. The molecule has 0 radical (unpaired) electrons. The summed E-state index contributed by atoms with van der Waals surface area (Å²) in [5.74, 6) is 0.786. The molecule has 0 aromatic rings. The normalized spacial score (nSPS) is 21.5. The molecule has 0 aromatic carbocycles. The SMILES string of the molecule is CCCC1(CCC)CN(CCCl)C1. The third-order valence-electron chi connectivity index (χ3n) is 3.08. The van der Waals surface area contributed by atoms with Crippen LogP contribution in [0.15, 0.2) is 0 Å². The van der Waals surface area contributed by atoms with Crippen molar-refractivity contribution in [3.8, 4) is 0 Å². The first-order valence-electron chi connectivity index (χ1n) is 5.54. The Morgan fingerprint density at radius 2 is 1.69 bits per heavy atom. The number of hydrogen-bond donors (Lipinski definition) is 0. The van der Waals surface area contributed by atoms with Crippen LogP contribution in [0.2, 0.25) is 0 Å². The zero-order chi connectivity index (χ0) is 9.73. The summed E-state index contributed by atoms with van der Waals surface area (Å²) < 4.78 is 0. The molecule has 0 aromatic heterocycles. The molecule has 1 aliphatic heterocycles. The molecule has 0 saturated carbocycles. The van der Waals surface area contributed by atoms with Crippen molar-refractivity contribution in [2.75, 3.05) is 25.5 Å². The molecular formula is C11H22ClN. The van der Waals surface area contributed by atoms with Gasteiger partial charge >= 0.3 is 0 Å². The van der Waals surface area contributed by atoms with Gasteiger partial charge in [-0.2, -0.15) is 0 Å². The Kier molecular flexibility index (Phi) is 4.54. The minimum Gasteiger partial charge on any atom is -0.301 e. The van der Waals surface area contributed by atoms with Gasteiger partial charge in [-0.3, -0.25) is 0 Å². The summed E-state index contributed by atoms with van der Waals surface area (Å²) in [5.41, 5.74) is 0.662. The molecule has 0 aliphatic carbocycles. The largest absolute Gasteiger partial charge is 0.301 e. The van der Waals surface area contributed by atoms with Crippen molar-refractivity contribution in [2.24, 2.45) is 5.41 Å². The highest BCUT2D eigenvalue weighted by molar-refractivity contribution is 6.18. The van der Waals surface area contributed by atoms with E-state index < -0.39 is 0 Å². The van der Waals surface area contributed by atoms with Gasteiger partial charge in [-0.25, -0.2) is 0 Å². The van der Waals surface area contributed by atoms with E-state index in [4.69, 9.17) is 11.6 Å². The maximum absolute atomic E-state index is 5.71. The predicted molar refractivity (Wildman–Crippen MR) is 59.4 cm³/mol. The molecule has 1 saturated heterocycles. The molecule has 0 N–H and O–H groups in total. The van der Waals surface area contributed by atoms with E-state index in [1.807, 2.05) is 0 Å². The van der Waals surface area contributed by atoms with Gasteiger partial charge in [-0.15, -0.1) is 11.6 Å². The number of halogens is 1. The Morgan fingerprint density at radius 3 is 2.08 bits per heavy atom. The van der Waals surface area contributed by atoms with Crippen molar-refractivity contribution in [3.05, 3.63) is 0 Å². The molecule has 1 aliphatic rings. The average Bonchev–Trinajstić information content (AvgIpc) is 2.03. The molecule has 0 amide bonds. The summed E-state index contributed by atoms with van der Waals surface area (Å²) in [5, 5.41) is 0. The molecule has 1 heterocycles. The lowest BCUT2D eigenvalue weighted by molar-refractivity contribution is -0.00979. The van der Waals surface area contributed by atoms with Gasteiger partial charge < -0.3 is 4.90 Å². The van der Waals surface area contributed by atoms with Gasteiger partial charge in [0.1, 0.15) is 0 Å². The lowest BCUT2D eigenvalue weighted by atomic mass is 9.73. The second-order valence-corrected chi connectivity index (χ2v) is 4.78. The predicted octanol–water partition coefficient (Wildman–Crippen LogP) is 3.13. The zero-order valence-electron chi connectivity index (χ0n) is 8.98. The fourth-order valence-corrected chi connectivity index (χ4v) is 2.92. The van der Waals surface area contributed by atoms with Gasteiger partial charge in [0.15, 0.2) is 0 Å². The topological polar surface area (TPSA) is 3.24 Å². The van der Waals surface area contributed by atoms with Crippen LogP contribution < -0.4 is 0 Å². The first-order valence-corrected chi connectivity index (χ1v) is 6.08. The molecule has 0 spiro atoms. The summed E-state index contributed by atoms with van der Waals surface area (Å²) in [6.45, 7) is 8.25. The molecule has 78 valence electrons. The van der Waals surface area contributed by atoms with Gasteiger partial charge in [-0.1, -0.05) is 26.7 Å². The van der Waals surface area contributed by atoms with E-state index in [0.717, 1.165) is 12.4 Å². The minimum atomic E-state index is 0.662. The van der Waals surface area contributed by atoms with E-state index in [2.05, 4.69) is 18.7 Å². The van der Waals surface area contributed by atoms with E-state index >= 15 is 0 Å². The van der Waals surface area contributed by atoms with Crippen LogP contribution in [-0.2, 0) is 0 Å². The number of nitrogens with zero attached hydrogens (tertiary/aromatic N) is 1. The Balaban J connectivity index is 2.29. The first kappa shape index (κ1) is 11.3. The first-order chi connectivity index (χ1) is 6.26. The van der Waals surface area contributed by atoms with E-state index in [9.17, 15) is 0 Å². The van der Waals surface area contributed by atoms with Crippen LogP contribution in [0.3, 0.4) is 0 Å². The van der Waals surface area contributed by atoms with Crippen molar-refractivity contribution in [1.82, 2.24) is 4.90 Å². The molecule has 1 fully saturated rings. The fourth-order valence-electron chi connectivity index (χ4n) is 2.68. The number of rotatable bonds is 6. The third-order valence-corrected chi connectivity index (χ3v) is 3.25. The van der Waals surface area contributed by atoms with Crippen molar-refractivity contribution in [1.29, 1.82) is 0 Å². The summed E-state index contributed by atoms with van der Waals surface area (Å²) in [6.07, 6.45) is 5.46. The maximum Gasteiger partial charge on any atom is 0.0351 e. The molecule has 0 bridgehead atoms. The molecule has 1 nitrogen and oxygen atoms in total. The van der Waals surface area contributed by atoms with E-state index in [-0.39, 0.29) is 0 Å². The Morgan fingerprint density at radius 1 is 1.15 bits per heavy atom. The number of likely N-dealkylation sites (tertiary alicyclic amines) is 1. The van der Waals surface area contributed by atoms with Gasteiger partial charge in [0, 0.05) is 25.5 Å². The van der Waals surface area contributed by atoms with Gasteiger partial charge in [0.25, 0.3) is 0 Å². The minimum absolute atomic E-state index is 0.662. The summed E-state index contributed by atoms with van der Waals surface area (Å²) in [4.78, 5) is 2.48. The Labute approximate surface area is 87.4 Å². The lowest BCUT2D eigenvalue weighted by Crippen LogP contribution is -2.56. The summed E-state index contributed by atoms with van der Waals surface area (Å²) in [7, 11) is 0. The van der Waals surface area contributed by atoms with Crippen LogP contribution in [-0.4, -0.2) is 30.4 Å². The van der Waals surface area contributed by atoms with E-state index in [1.54, 1.807) is 0 Å². The van der Waals surface area contributed by atoms with Gasteiger partial charge in [0.2, 0.25) is 0 Å². The zero-order valence-corrected chi connectivity index (χ0v) is 9.74. The van der Waals surface area contributed by atoms with Crippen LogP contribution in [0, 0.1) is 5.41 Å². The summed E-state index contributed by atoms with van der Waals surface area (Å²) in [6, 6.07) is 0. The number of hydrogen-bond acceptors (Lipinski definition) is 1. The quantitative estimate of drug-likeness (QED) is 0.600. The van der Waals surface area contributed by atoms with Crippen molar-refractivity contribution >= 4 is 11.6 Å². The van der Waals surface area contributed by atoms with E-state index in [0.29, 0.717) is 5.41 Å². The molecule has 13 heavy (non-hydrogen) atoms. The maximum atomic E-state index is 5.71. The van der Waals surface area contributed by atoms with E-state index in [1.165, 1.54) is 38.8 Å². The average molecular weight is 204 g/mol. The van der Waals surface area contributed by atoms with Crippen LogP contribution in [0.5, 0.6) is 0 Å². The number of alkyl halides is 1. The van der Waals surface area contributed by atoms with Crippen LogP contribution >= 0.6 is 11.6 Å². The van der Waals surface area contributed by atoms with Crippen LogP contribution in [0.25, 0.3) is 0 Å². The monoisotopic (exact) mass is 203 g/mol. The highest BCUT2D eigenvalue weighted by atomic mass is 35.5. The molecule has 0 unspecified atom stereocenters. The smallest absolute Gasteiger partial charge is 0.0351 e. The summed E-state index contributed by atoms with van der Waals surface area (Å²) >= 11 is 5.71. The standard InChI is InChI=1S/C11H22ClN/c1-3-5-11(6-4-2)9-13(10-11)8-7-12/h3-10H2,1-2H3. The Bertz CT molecular complexity index is 133. The van der Waals surface area contributed by atoms with Crippen molar-refractivity contribution in [2.45, 2.75) is 39.5 Å². The molecule has 2 heteroatoms. The molecular weight excluding hydrogens is 182 g/mol. The molecule has 0 atom stereocenters. The highest BCUT2D eigenvalue weighted by Gasteiger charge is 2.40. The second kappa shape index (κ2) is 5.21. The van der Waals surface area contributed by atoms with Crippen LogP contribution in [0.4, 0.5) is 0 Å². The highest BCUT2D eigenvalue weighted by Crippen LogP contribution is 2.39. The van der Waals surface area contributed by atoms with Gasteiger partial charge in [0.05, 0.1) is 0 Å². The van der Waals surface area contributed by atoms with Crippen molar-refractivity contribution < 1.29 is 0 Å².